The zero-order chi connectivity index (χ0) is 13.9. The van der Waals surface area contributed by atoms with E-state index in [0.29, 0.717) is 23.2 Å². The summed E-state index contributed by atoms with van der Waals surface area (Å²) in [4.78, 5) is 27.0. The van der Waals surface area contributed by atoms with Crippen molar-refractivity contribution in [3.8, 4) is 0 Å². The largest absolute Gasteiger partial charge is 0.477 e. The molecule has 0 aliphatic heterocycles. The van der Waals surface area contributed by atoms with E-state index >= 15 is 0 Å². The van der Waals surface area contributed by atoms with Gasteiger partial charge >= 0.3 is 5.97 Å². The Labute approximate surface area is 110 Å². The van der Waals surface area contributed by atoms with Crippen molar-refractivity contribution >= 4 is 28.3 Å². The Hall–Kier alpha value is -1.43. The highest BCUT2D eigenvalue weighted by Crippen LogP contribution is 2.25. The number of hydrogen-bond donors (Lipinski definition) is 2. The van der Waals surface area contributed by atoms with E-state index in [4.69, 9.17) is 5.11 Å². The van der Waals surface area contributed by atoms with E-state index in [2.05, 4.69) is 10.3 Å². The molecular weight excluding hydrogens is 252 g/mol. The van der Waals surface area contributed by atoms with Gasteiger partial charge in [0.25, 0.3) is 0 Å². The molecule has 1 aromatic rings. The number of carbonyl (C=O) groups excluding carboxylic acids is 1. The zero-order valence-corrected chi connectivity index (χ0v) is 11.8. The minimum Gasteiger partial charge on any atom is -0.477 e. The molecule has 0 fully saturated rings. The summed E-state index contributed by atoms with van der Waals surface area (Å²) in [6, 6.07) is 0. The second-order valence-electron chi connectivity index (χ2n) is 4.84. The van der Waals surface area contributed by atoms with Gasteiger partial charge in [0.05, 0.1) is 5.69 Å². The van der Waals surface area contributed by atoms with Gasteiger partial charge in [-0.25, -0.2) is 9.78 Å². The SMILES string of the molecule is CC(C)Cc1nc(NC(=O)C(C)C)sc1C(=O)O. The van der Waals surface area contributed by atoms with Crippen molar-refractivity contribution in [1.29, 1.82) is 0 Å². The molecule has 0 saturated heterocycles. The predicted molar refractivity (Wildman–Crippen MR) is 71.1 cm³/mol. The molecule has 6 heteroatoms. The lowest BCUT2D eigenvalue weighted by molar-refractivity contribution is -0.118. The summed E-state index contributed by atoms with van der Waals surface area (Å²) >= 11 is 1.01. The van der Waals surface area contributed by atoms with E-state index in [1.54, 1.807) is 13.8 Å². The summed E-state index contributed by atoms with van der Waals surface area (Å²) in [5.74, 6) is -0.987. The Balaban J connectivity index is 2.95. The number of nitrogens with zero attached hydrogens (tertiary/aromatic N) is 1. The van der Waals surface area contributed by atoms with Crippen LogP contribution in [-0.4, -0.2) is 22.0 Å². The molecule has 0 spiro atoms. The molecule has 0 bridgehead atoms. The molecule has 2 N–H and O–H groups in total. The van der Waals surface area contributed by atoms with Crippen LogP contribution >= 0.6 is 11.3 Å². The van der Waals surface area contributed by atoms with Crippen molar-refractivity contribution in [3.63, 3.8) is 0 Å². The van der Waals surface area contributed by atoms with E-state index in [1.807, 2.05) is 13.8 Å². The first-order chi connectivity index (χ1) is 8.31. The number of anilines is 1. The Morgan fingerprint density at radius 1 is 1.33 bits per heavy atom. The van der Waals surface area contributed by atoms with Gasteiger partial charge in [-0.15, -0.1) is 0 Å². The van der Waals surface area contributed by atoms with Crippen molar-refractivity contribution in [2.24, 2.45) is 11.8 Å². The molecular formula is C12H18N2O3S. The summed E-state index contributed by atoms with van der Waals surface area (Å²) in [6.07, 6.45) is 0.593. The van der Waals surface area contributed by atoms with Crippen LogP contribution in [0.3, 0.4) is 0 Å². The smallest absolute Gasteiger partial charge is 0.347 e. The van der Waals surface area contributed by atoms with Crippen LogP contribution in [0.1, 0.15) is 43.1 Å². The Morgan fingerprint density at radius 2 is 1.94 bits per heavy atom. The third kappa shape index (κ3) is 3.80. The molecule has 0 atom stereocenters. The van der Waals surface area contributed by atoms with Crippen LogP contribution < -0.4 is 5.32 Å². The molecule has 100 valence electrons. The molecule has 0 aliphatic rings. The van der Waals surface area contributed by atoms with E-state index in [-0.39, 0.29) is 16.7 Å². The summed E-state index contributed by atoms with van der Waals surface area (Å²) in [5, 5.41) is 12.1. The van der Waals surface area contributed by atoms with E-state index < -0.39 is 5.97 Å². The molecule has 18 heavy (non-hydrogen) atoms. The van der Waals surface area contributed by atoms with Crippen LogP contribution in [0.25, 0.3) is 0 Å². The maximum absolute atomic E-state index is 11.5. The first-order valence-corrected chi connectivity index (χ1v) is 6.66. The normalized spacial score (nSPS) is 11.0. The van der Waals surface area contributed by atoms with Crippen molar-refractivity contribution < 1.29 is 14.7 Å². The molecule has 5 nitrogen and oxygen atoms in total. The monoisotopic (exact) mass is 270 g/mol. The fourth-order valence-corrected chi connectivity index (χ4v) is 2.18. The minimum atomic E-state index is -0.992. The number of aromatic nitrogens is 1. The molecule has 1 rings (SSSR count). The number of aromatic carboxylic acids is 1. The average molecular weight is 270 g/mol. The van der Waals surface area contributed by atoms with Crippen LogP contribution in [-0.2, 0) is 11.2 Å². The van der Waals surface area contributed by atoms with Crippen LogP contribution in [0.4, 0.5) is 5.13 Å². The Bertz CT molecular complexity index is 452. The highest BCUT2D eigenvalue weighted by Gasteiger charge is 2.19. The lowest BCUT2D eigenvalue weighted by Gasteiger charge is -2.03. The second-order valence-corrected chi connectivity index (χ2v) is 5.84. The number of carboxylic acids is 1. The van der Waals surface area contributed by atoms with Gasteiger partial charge in [-0.3, -0.25) is 4.79 Å². The van der Waals surface area contributed by atoms with E-state index in [0.717, 1.165) is 11.3 Å². The molecule has 0 radical (unpaired) electrons. The van der Waals surface area contributed by atoms with Gasteiger partial charge in [-0.2, -0.15) is 0 Å². The number of nitrogens with one attached hydrogen (secondary N) is 1. The third-order valence-corrected chi connectivity index (χ3v) is 3.25. The lowest BCUT2D eigenvalue weighted by Crippen LogP contribution is -2.17. The van der Waals surface area contributed by atoms with E-state index in [9.17, 15) is 9.59 Å². The average Bonchev–Trinajstić information content (AvgIpc) is 2.59. The second kappa shape index (κ2) is 5.95. The number of carbonyl (C=O) groups is 2. The van der Waals surface area contributed by atoms with Gasteiger partial charge in [-0.1, -0.05) is 39.0 Å². The molecule has 1 heterocycles. The molecule has 0 aromatic carbocycles. The van der Waals surface area contributed by atoms with Crippen molar-refractivity contribution in [3.05, 3.63) is 10.6 Å². The van der Waals surface area contributed by atoms with Gasteiger partial charge in [-0.05, 0) is 12.3 Å². The highest BCUT2D eigenvalue weighted by molar-refractivity contribution is 7.17. The first kappa shape index (κ1) is 14.6. The van der Waals surface area contributed by atoms with E-state index in [1.165, 1.54) is 0 Å². The van der Waals surface area contributed by atoms with Crippen molar-refractivity contribution in [2.75, 3.05) is 5.32 Å². The van der Waals surface area contributed by atoms with Gasteiger partial charge in [0.2, 0.25) is 5.91 Å². The number of hydrogen-bond acceptors (Lipinski definition) is 4. The van der Waals surface area contributed by atoms with Gasteiger partial charge < -0.3 is 10.4 Å². The molecule has 0 unspecified atom stereocenters. The molecule has 0 saturated carbocycles. The quantitative estimate of drug-likeness (QED) is 0.862. The third-order valence-electron chi connectivity index (χ3n) is 2.25. The first-order valence-electron chi connectivity index (χ1n) is 5.85. The van der Waals surface area contributed by atoms with Crippen LogP contribution in [0, 0.1) is 11.8 Å². The number of rotatable bonds is 5. The van der Waals surface area contributed by atoms with Crippen LogP contribution in [0.15, 0.2) is 0 Å². The van der Waals surface area contributed by atoms with Gasteiger partial charge in [0, 0.05) is 5.92 Å². The number of thiazole rings is 1. The topological polar surface area (TPSA) is 79.3 Å². The molecule has 1 amide bonds. The summed E-state index contributed by atoms with van der Waals surface area (Å²) in [5.41, 5.74) is 0.543. The summed E-state index contributed by atoms with van der Waals surface area (Å²) in [6.45, 7) is 7.54. The van der Waals surface area contributed by atoms with Crippen molar-refractivity contribution in [2.45, 2.75) is 34.1 Å². The zero-order valence-electron chi connectivity index (χ0n) is 11.0. The standard InChI is InChI=1S/C12H18N2O3S/c1-6(2)5-8-9(11(16)17)18-12(13-8)14-10(15)7(3)4/h6-7H,5H2,1-4H3,(H,16,17)(H,13,14,15). The van der Waals surface area contributed by atoms with Gasteiger partial charge in [0.1, 0.15) is 4.88 Å². The van der Waals surface area contributed by atoms with Crippen molar-refractivity contribution in [1.82, 2.24) is 4.98 Å². The fraction of sp³-hybridized carbons (Fsp3) is 0.583. The highest BCUT2D eigenvalue weighted by atomic mass is 32.1. The minimum absolute atomic E-state index is 0.156. The van der Waals surface area contributed by atoms with Gasteiger partial charge in [0.15, 0.2) is 5.13 Å². The molecule has 0 aliphatic carbocycles. The summed E-state index contributed by atoms with van der Waals surface area (Å²) in [7, 11) is 0. The maximum Gasteiger partial charge on any atom is 0.347 e. The molecule has 1 aromatic heterocycles. The fourth-order valence-electron chi connectivity index (χ4n) is 1.35. The number of amides is 1. The predicted octanol–water partition coefficient (Wildman–Crippen LogP) is 2.63. The number of carboxylic acid groups (broad SMARTS) is 1. The van der Waals surface area contributed by atoms with Crippen LogP contribution in [0.2, 0.25) is 0 Å². The Morgan fingerprint density at radius 3 is 2.39 bits per heavy atom. The Kier molecular flexibility index (Phi) is 4.84. The van der Waals surface area contributed by atoms with Crippen LogP contribution in [0.5, 0.6) is 0 Å². The maximum atomic E-state index is 11.5. The summed E-state index contributed by atoms with van der Waals surface area (Å²) < 4.78 is 0. The lowest BCUT2D eigenvalue weighted by atomic mass is 10.1.